The van der Waals surface area contributed by atoms with Gasteiger partial charge in [-0.15, -0.1) is 0 Å². The lowest BCUT2D eigenvalue weighted by molar-refractivity contribution is 0.138. The van der Waals surface area contributed by atoms with E-state index < -0.39 is 23.1 Å². The predicted octanol–water partition coefficient (Wildman–Crippen LogP) is 4.66. The Bertz CT molecular complexity index is 881. The van der Waals surface area contributed by atoms with Gasteiger partial charge in [-0.1, -0.05) is 42.5 Å². The first-order chi connectivity index (χ1) is 12.4. The molecule has 0 saturated carbocycles. The minimum atomic E-state index is -1.60. The van der Waals surface area contributed by atoms with Crippen LogP contribution in [-0.2, 0) is 10.3 Å². The van der Waals surface area contributed by atoms with Gasteiger partial charge in [-0.3, -0.25) is 0 Å². The van der Waals surface area contributed by atoms with Crippen molar-refractivity contribution in [1.82, 2.24) is 0 Å². The van der Waals surface area contributed by atoms with Crippen molar-refractivity contribution in [3.63, 3.8) is 0 Å². The molecule has 0 aliphatic heterocycles. The number of halogens is 3. The molecule has 0 spiro atoms. The molecule has 0 bridgehead atoms. The number of rotatable bonds is 4. The van der Waals surface area contributed by atoms with Crippen LogP contribution in [0, 0.1) is 17.5 Å². The summed E-state index contributed by atoms with van der Waals surface area (Å²) in [6.45, 7) is 0. The molecule has 3 aromatic rings. The molecular formula is C20H14F3NOS. The molecule has 26 heavy (non-hydrogen) atoms. The first kappa shape index (κ1) is 17.9. The molecule has 3 aromatic carbocycles. The highest BCUT2D eigenvalue weighted by molar-refractivity contribution is 7.80. The molecule has 6 heteroatoms. The van der Waals surface area contributed by atoms with Crippen molar-refractivity contribution in [1.29, 1.82) is 0 Å². The molecule has 0 amide bonds. The SMILES string of the molecule is NC(=S)OC(c1ccc(F)cc1)(c1ccc(F)cc1)c1ccccc1F. The maximum absolute atomic E-state index is 14.8. The summed E-state index contributed by atoms with van der Waals surface area (Å²) in [7, 11) is 0. The average molecular weight is 373 g/mol. The summed E-state index contributed by atoms with van der Waals surface area (Å²) in [5.41, 5.74) is 4.94. The van der Waals surface area contributed by atoms with Crippen molar-refractivity contribution in [2.24, 2.45) is 5.73 Å². The average Bonchev–Trinajstić information content (AvgIpc) is 2.61. The van der Waals surface area contributed by atoms with E-state index in [1.165, 1.54) is 66.7 Å². The first-order valence-corrected chi connectivity index (χ1v) is 8.10. The van der Waals surface area contributed by atoms with Crippen molar-refractivity contribution in [2.75, 3.05) is 0 Å². The van der Waals surface area contributed by atoms with Gasteiger partial charge in [0.05, 0.1) is 0 Å². The first-order valence-electron chi connectivity index (χ1n) is 7.69. The zero-order valence-electron chi connectivity index (χ0n) is 13.5. The maximum Gasteiger partial charge on any atom is 0.255 e. The summed E-state index contributed by atoms with van der Waals surface area (Å²) in [5, 5.41) is -0.332. The molecule has 3 rings (SSSR count). The highest BCUT2D eigenvalue weighted by Gasteiger charge is 2.41. The normalized spacial score (nSPS) is 11.2. The second kappa shape index (κ2) is 7.17. The molecule has 2 nitrogen and oxygen atoms in total. The van der Waals surface area contributed by atoms with Gasteiger partial charge in [-0.25, -0.2) is 13.2 Å². The fourth-order valence-corrected chi connectivity index (χ4v) is 3.04. The topological polar surface area (TPSA) is 35.2 Å². The van der Waals surface area contributed by atoms with Gasteiger partial charge in [0, 0.05) is 16.7 Å². The molecule has 2 N–H and O–H groups in total. The van der Waals surface area contributed by atoms with Crippen molar-refractivity contribution >= 4 is 17.4 Å². The van der Waals surface area contributed by atoms with Crippen molar-refractivity contribution in [3.8, 4) is 0 Å². The second-order valence-corrected chi connectivity index (χ2v) is 6.00. The smallest absolute Gasteiger partial charge is 0.255 e. The zero-order chi connectivity index (χ0) is 18.7. The zero-order valence-corrected chi connectivity index (χ0v) is 14.3. The van der Waals surface area contributed by atoms with Crippen molar-refractivity contribution in [3.05, 3.63) is 107 Å². The molecule has 0 radical (unpaired) electrons. The Morgan fingerprint density at radius 2 is 1.23 bits per heavy atom. The Labute approximate surface area is 154 Å². The number of hydrogen-bond acceptors (Lipinski definition) is 2. The standard InChI is InChI=1S/C20H14F3NOS/c21-15-9-5-13(6-10-15)20(25-19(24)26,14-7-11-16(22)12-8-14)17-3-1-2-4-18(17)23/h1-12H,(H2,24,26). The Balaban J connectivity index is 2.37. The van der Waals surface area contributed by atoms with E-state index in [0.717, 1.165) is 0 Å². The summed E-state index contributed by atoms with van der Waals surface area (Å²) in [4.78, 5) is 0. The van der Waals surface area contributed by atoms with Crippen molar-refractivity contribution < 1.29 is 17.9 Å². The molecule has 0 atom stereocenters. The van der Waals surface area contributed by atoms with Crippen LogP contribution in [0.2, 0.25) is 0 Å². The van der Waals surface area contributed by atoms with E-state index in [-0.39, 0.29) is 10.7 Å². The number of nitrogens with two attached hydrogens (primary N) is 1. The van der Waals surface area contributed by atoms with Crippen LogP contribution in [0.1, 0.15) is 16.7 Å². The molecular weight excluding hydrogens is 359 g/mol. The lowest BCUT2D eigenvalue weighted by atomic mass is 9.79. The van der Waals surface area contributed by atoms with Crippen LogP contribution in [0.15, 0.2) is 72.8 Å². The van der Waals surface area contributed by atoms with E-state index in [1.807, 2.05) is 0 Å². The van der Waals surface area contributed by atoms with E-state index in [4.69, 9.17) is 22.7 Å². The van der Waals surface area contributed by atoms with Crippen LogP contribution < -0.4 is 5.73 Å². The molecule has 0 fully saturated rings. The predicted molar refractivity (Wildman–Crippen MR) is 97.0 cm³/mol. The lowest BCUT2D eigenvalue weighted by Gasteiger charge is -2.35. The van der Waals surface area contributed by atoms with Crippen LogP contribution in [0.4, 0.5) is 13.2 Å². The van der Waals surface area contributed by atoms with Crippen LogP contribution in [0.25, 0.3) is 0 Å². The number of thiocarbonyl (C=S) groups is 1. The molecule has 0 aromatic heterocycles. The van der Waals surface area contributed by atoms with Gasteiger partial charge in [0.15, 0.2) is 5.60 Å². The quantitative estimate of drug-likeness (QED) is 0.534. The van der Waals surface area contributed by atoms with Gasteiger partial charge in [0.2, 0.25) is 0 Å². The summed E-state index contributed by atoms with van der Waals surface area (Å²) < 4.78 is 47.5. The molecule has 0 saturated heterocycles. The van der Waals surface area contributed by atoms with Crippen molar-refractivity contribution in [2.45, 2.75) is 5.60 Å². The number of hydrogen-bond donors (Lipinski definition) is 1. The minimum Gasteiger partial charge on any atom is -0.450 e. The Morgan fingerprint density at radius 1 is 0.769 bits per heavy atom. The van der Waals surface area contributed by atoms with E-state index in [9.17, 15) is 13.2 Å². The van der Waals surface area contributed by atoms with Gasteiger partial charge >= 0.3 is 0 Å². The van der Waals surface area contributed by atoms with Gasteiger partial charge < -0.3 is 10.5 Å². The van der Waals surface area contributed by atoms with Crippen LogP contribution >= 0.6 is 12.2 Å². The lowest BCUT2D eigenvalue weighted by Crippen LogP contribution is -2.38. The summed E-state index contributed by atoms with van der Waals surface area (Å²) in [5.74, 6) is -1.51. The third-order valence-corrected chi connectivity index (χ3v) is 4.09. The molecule has 0 unspecified atom stereocenters. The molecule has 132 valence electrons. The van der Waals surface area contributed by atoms with Gasteiger partial charge in [0.1, 0.15) is 17.5 Å². The highest BCUT2D eigenvalue weighted by atomic mass is 32.1. The van der Waals surface area contributed by atoms with E-state index >= 15 is 0 Å². The number of ether oxygens (including phenoxy) is 1. The van der Waals surface area contributed by atoms with Crippen LogP contribution in [0.3, 0.4) is 0 Å². The molecule has 0 aliphatic rings. The Hall–Kier alpha value is -2.86. The van der Waals surface area contributed by atoms with Gasteiger partial charge in [-0.05, 0) is 42.5 Å². The Kier molecular flexibility index (Phi) is 4.95. The second-order valence-electron chi connectivity index (χ2n) is 5.60. The van der Waals surface area contributed by atoms with E-state index in [0.29, 0.717) is 11.1 Å². The fourth-order valence-electron chi connectivity index (χ4n) is 2.92. The van der Waals surface area contributed by atoms with E-state index in [1.54, 1.807) is 6.07 Å². The third-order valence-electron chi connectivity index (χ3n) is 4.01. The largest absolute Gasteiger partial charge is 0.450 e. The summed E-state index contributed by atoms with van der Waals surface area (Å²) >= 11 is 4.92. The monoisotopic (exact) mass is 373 g/mol. The molecule has 0 heterocycles. The highest BCUT2D eigenvalue weighted by Crippen LogP contribution is 2.41. The molecule has 0 aliphatic carbocycles. The third kappa shape index (κ3) is 3.28. The summed E-state index contributed by atoms with van der Waals surface area (Å²) in [6, 6.07) is 16.6. The maximum atomic E-state index is 14.8. The van der Waals surface area contributed by atoms with Gasteiger partial charge in [-0.2, -0.15) is 0 Å². The number of benzene rings is 3. The van der Waals surface area contributed by atoms with Crippen LogP contribution in [-0.4, -0.2) is 5.17 Å². The Morgan fingerprint density at radius 3 is 1.65 bits per heavy atom. The van der Waals surface area contributed by atoms with E-state index in [2.05, 4.69) is 0 Å². The minimum absolute atomic E-state index is 0.117. The summed E-state index contributed by atoms with van der Waals surface area (Å²) in [6.07, 6.45) is 0. The van der Waals surface area contributed by atoms with Gasteiger partial charge in [0.25, 0.3) is 5.17 Å². The van der Waals surface area contributed by atoms with Crippen LogP contribution in [0.5, 0.6) is 0 Å². The fraction of sp³-hybridized carbons (Fsp3) is 0.0500.